The SMILES string of the molecule is C[C@H]1[C@H](C)CC[C@]2(C(=O)OCCN3CCN(C(=O)c4ccccc4Cl)CC3)CC[C@]3(C)C(=CC[C@@H]4[C@@]5(C)CC[C@H](O)C(C)(C)[C@@H]5CC[C@]43C)[C@H]12. The lowest BCUT2D eigenvalue weighted by Crippen LogP contribution is -2.65. The highest BCUT2D eigenvalue weighted by Gasteiger charge is 2.69. The molecule has 0 spiro atoms. The van der Waals surface area contributed by atoms with E-state index < -0.39 is 5.41 Å². The molecule has 0 radical (unpaired) electrons. The maximum Gasteiger partial charge on any atom is 0.312 e. The van der Waals surface area contributed by atoms with E-state index in [1.165, 1.54) is 12.8 Å². The summed E-state index contributed by atoms with van der Waals surface area (Å²) in [5.74, 6) is 2.37. The summed E-state index contributed by atoms with van der Waals surface area (Å²) in [5, 5.41) is 11.6. The molecule has 10 atom stereocenters. The zero-order chi connectivity index (χ0) is 35.9. The van der Waals surface area contributed by atoms with Crippen molar-refractivity contribution in [3.8, 4) is 0 Å². The van der Waals surface area contributed by atoms with E-state index >= 15 is 0 Å². The number of aliphatic hydroxyl groups excluding tert-OH is 1. The van der Waals surface area contributed by atoms with Gasteiger partial charge in [0.15, 0.2) is 0 Å². The number of carbonyl (C=O) groups is 2. The molecule has 7 rings (SSSR count). The third-order valence-corrected chi connectivity index (χ3v) is 17.1. The summed E-state index contributed by atoms with van der Waals surface area (Å²) < 4.78 is 6.32. The van der Waals surface area contributed by atoms with Crippen LogP contribution in [0.1, 0.15) is 117 Å². The van der Waals surface area contributed by atoms with Crippen LogP contribution in [0.15, 0.2) is 35.9 Å². The van der Waals surface area contributed by atoms with Crippen molar-refractivity contribution in [2.75, 3.05) is 39.3 Å². The van der Waals surface area contributed by atoms with Gasteiger partial charge < -0.3 is 14.7 Å². The van der Waals surface area contributed by atoms with Gasteiger partial charge in [-0.1, -0.05) is 83.8 Å². The number of carbonyl (C=O) groups excluding carboxylic acids is 2. The molecule has 1 heterocycles. The van der Waals surface area contributed by atoms with E-state index in [9.17, 15) is 14.7 Å². The van der Waals surface area contributed by atoms with E-state index in [-0.39, 0.29) is 45.6 Å². The minimum atomic E-state index is -0.446. The van der Waals surface area contributed by atoms with Gasteiger partial charge in [-0.15, -0.1) is 0 Å². The van der Waals surface area contributed by atoms with Crippen LogP contribution in [0.4, 0.5) is 0 Å². The molecule has 1 amide bonds. The fourth-order valence-corrected chi connectivity index (χ4v) is 13.4. The number of hydrogen-bond donors (Lipinski definition) is 1. The summed E-state index contributed by atoms with van der Waals surface area (Å²) in [6, 6.07) is 7.25. The lowest BCUT2D eigenvalue weighted by atomic mass is 9.33. The first kappa shape index (κ1) is 36.5. The number of halogens is 1. The van der Waals surface area contributed by atoms with Crippen molar-refractivity contribution in [1.82, 2.24) is 9.80 Å². The molecule has 1 aliphatic heterocycles. The van der Waals surface area contributed by atoms with E-state index in [1.807, 2.05) is 17.0 Å². The standard InChI is InChI=1S/C43H63ClN2O4/c1-28-14-19-43(38(49)50-27-26-45-22-24-46(25-23-45)37(48)30-10-8-9-11-32(30)44)21-20-41(6)31(36(43)29(28)2)12-13-34-40(5)17-16-35(47)39(3,4)33(40)15-18-42(34,41)7/h8-12,28-29,33-36,47H,13-27H2,1-7H3/t28-,29+,33+,34-,35+,36+,40+,41-,42-,43+/m1/s1. The maximum absolute atomic E-state index is 14.5. The van der Waals surface area contributed by atoms with E-state index in [0.29, 0.717) is 60.5 Å². The van der Waals surface area contributed by atoms with Crippen molar-refractivity contribution in [3.63, 3.8) is 0 Å². The largest absolute Gasteiger partial charge is 0.464 e. The van der Waals surface area contributed by atoms with Crippen LogP contribution in [-0.2, 0) is 9.53 Å². The molecule has 6 nitrogen and oxygen atoms in total. The van der Waals surface area contributed by atoms with Crippen molar-refractivity contribution >= 4 is 23.5 Å². The first-order valence-electron chi connectivity index (χ1n) is 19.9. The van der Waals surface area contributed by atoms with Gasteiger partial charge in [-0.3, -0.25) is 14.5 Å². The fourth-order valence-electron chi connectivity index (χ4n) is 13.2. The fraction of sp³-hybridized carbons (Fsp3) is 0.767. The zero-order valence-electron chi connectivity index (χ0n) is 31.9. The Morgan fingerprint density at radius 2 is 1.62 bits per heavy atom. The van der Waals surface area contributed by atoms with E-state index in [1.54, 1.807) is 17.7 Å². The smallest absolute Gasteiger partial charge is 0.312 e. The lowest BCUT2D eigenvalue weighted by molar-refractivity contribution is -0.207. The normalized spacial score (nSPS) is 42.7. The summed E-state index contributed by atoms with van der Waals surface area (Å²) in [4.78, 5) is 31.8. The van der Waals surface area contributed by atoms with Crippen LogP contribution in [0.5, 0.6) is 0 Å². The average Bonchev–Trinajstić information content (AvgIpc) is 3.08. The Labute approximate surface area is 306 Å². The molecule has 276 valence electrons. The number of esters is 1. The van der Waals surface area contributed by atoms with Gasteiger partial charge in [0.05, 0.1) is 22.1 Å². The Morgan fingerprint density at radius 3 is 2.34 bits per heavy atom. The monoisotopic (exact) mass is 706 g/mol. The van der Waals surface area contributed by atoms with Gasteiger partial charge in [-0.05, 0) is 121 Å². The van der Waals surface area contributed by atoms with Crippen molar-refractivity contribution in [1.29, 1.82) is 0 Å². The van der Waals surface area contributed by atoms with Crippen LogP contribution in [0.2, 0.25) is 5.02 Å². The zero-order valence-corrected chi connectivity index (χ0v) is 32.7. The van der Waals surface area contributed by atoms with Crippen molar-refractivity contribution in [3.05, 3.63) is 46.5 Å². The van der Waals surface area contributed by atoms with Crippen LogP contribution in [0.25, 0.3) is 0 Å². The number of hydrogen-bond acceptors (Lipinski definition) is 5. The molecule has 1 aromatic carbocycles. The molecule has 7 heteroatoms. The number of rotatable bonds is 5. The topological polar surface area (TPSA) is 70.1 Å². The van der Waals surface area contributed by atoms with Gasteiger partial charge in [0.1, 0.15) is 6.61 Å². The first-order chi connectivity index (χ1) is 23.6. The van der Waals surface area contributed by atoms with Gasteiger partial charge in [-0.2, -0.15) is 0 Å². The Bertz CT molecular complexity index is 1520. The highest BCUT2D eigenvalue weighted by Crippen LogP contribution is 2.75. The van der Waals surface area contributed by atoms with E-state index in [4.69, 9.17) is 16.3 Å². The van der Waals surface area contributed by atoms with E-state index in [0.717, 1.165) is 58.0 Å². The number of fused-ring (bicyclic) bond motifs is 7. The quantitative estimate of drug-likeness (QED) is 0.245. The highest BCUT2D eigenvalue weighted by molar-refractivity contribution is 6.33. The molecule has 4 saturated carbocycles. The number of allylic oxidation sites excluding steroid dienone is 2. The van der Waals surface area contributed by atoms with Gasteiger partial charge >= 0.3 is 5.97 Å². The third-order valence-electron chi connectivity index (χ3n) is 16.8. The average molecular weight is 707 g/mol. The van der Waals surface area contributed by atoms with Gasteiger partial charge in [0, 0.05) is 32.7 Å². The third kappa shape index (κ3) is 5.38. The predicted octanol–water partition coefficient (Wildman–Crippen LogP) is 8.66. The molecule has 1 saturated heterocycles. The number of piperazine rings is 1. The first-order valence-corrected chi connectivity index (χ1v) is 20.3. The Kier molecular flexibility index (Phi) is 9.41. The van der Waals surface area contributed by atoms with E-state index in [2.05, 4.69) is 59.4 Å². The number of aliphatic hydroxyl groups is 1. The second-order valence-electron chi connectivity index (χ2n) is 18.9. The second kappa shape index (κ2) is 12.9. The molecule has 5 aliphatic carbocycles. The van der Waals surface area contributed by atoms with Crippen molar-refractivity contribution < 1.29 is 19.4 Å². The number of benzene rings is 1. The molecule has 1 N–H and O–H groups in total. The molecular formula is C43H63ClN2O4. The van der Waals surface area contributed by atoms with Gasteiger partial charge in [0.2, 0.25) is 0 Å². The summed E-state index contributed by atoms with van der Waals surface area (Å²) in [6.45, 7) is 21.1. The summed E-state index contributed by atoms with van der Waals surface area (Å²) in [5.41, 5.74) is 2.08. The maximum atomic E-state index is 14.5. The molecule has 6 aliphatic rings. The van der Waals surface area contributed by atoms with Crippen LogP contribution in [0.3, 0.4) is 0 Å². The lowest BCUT2D eigenvalue weighted by Gasteiger charge is -2.71. The van der Waals surface area contributed by atoms with Crippen molar-refractivity contribution in [2.24, 2.45) is 56.7 Å². The summed E-state index contributed by atoms with van der Waals surface area (Å²) in [7, 11) is 0. The number of amides is 1. The number of ether oxygens (including phenoxy) is 1. The Morgan fingerprint density at radius 1 is 0.900 bits per heavy atom. The molecule has 0 aromatic heterocycles. The summed E-state index contributed by atoms with van der Waals surface area (Å²) in [6.07, 6.45) is 11.9. The minimum absolute atomic E-state index is 0.0162. The van der Waals surface area contributed by atoms with Gasteiger partial charge in [-0.25, -0.2) is 0 Å². The molecule has 0 unspecified atom stereocenters. The Hall–Kier alpha value is -1.89. The molecule has 5 fully saturated rings. The van der Waals surface area contributed by atoms with Crippen LogP contribution < -0.4 is 0 Å². The molecule has 1 aromatic rings. The van der Waals surface area contributed by atoms with Crippen LogP contribution >= 0.6 is 11.6 Å². The molecular weight excluding hydrogens is 644 g/mol. The van der Waals surface area contributed by atoms with Gasteiger partial charge in [0.25, 0.3) is 5.91 Å². The molecule has 0 bridgehead atoms. The van der Waals surface area contributed by atoms with Crippen molar-refractivity contribution in [2.45, 2.75) is 112 Å². The second-order valence-corrected chi connectivity index (χ2v) is 19.3. The summed E-state index contributed by atoms with van der Waals surface area (Å²) >= 11 is 6.30. The molecule has 50 heavy (non-hydrogen) atoms. The number of nitrogens with zero attached hydrogens (tertiary/aromatic N) is 2. The van der Waals surface area contributed by atoms with Crippen LogP contribution in [0, 0.1) is 56.7 Å². The van der Waals surface area contributed by atoms with Crippen LogP contribution in [-0.4, -0.2) is 72.2 Å². The Balaban J connectivity index is 1.06. The predicted molar refractivity (Wildman–Crippen MR) is 200 cm³/mol. The minimum Gasteiger partial charge on any atom is -0.464 e. The highest BCUT2D eigenvalue weighted by atomic mass is 35.5.